The quantitative estimate of drug-likeness (QED) is 0.824. The Labute approximate surface area is 93.6 Å². The van der Waals surface area contributed by atoms with Crippen LogP contribution >= 0.6 is 0 Å². The van der Waals surface area contributed by atoms with Crippen LogP contribution in [-0.2, 0) is 7.05 Å². The van der Waals surface area contributed by atoms with Crippen LogP contribution in [0.3, 0.4) is 0 Å². The zero-order valence-corrected chi connectivity index (χ0v) is 9.00. The topological polar surface area (TPSA) is 42.2 Å². The van der Waals surface area contributed by atoms with E-state index in [1.54, 1.807) is 19.3 Å². The summed E-state index contributed by atoms with van der Waals surface area (Å²) >= 11 is 0. The van der Waals surface area contributed by atoms with Crippen LogP contribution in [0, 0.1) is 0 Å². The maximum Gasteiger partial charge on any atom is 0.250 e. The highest BCUT2D eigenvalue weighted by Gasteiger charge is 2.10. The van der Waals surface area contributed by atoms with E-state index in [0.29, 0.717) is 5.56 Å². The Morgan fingerprint density at radius 2 is 1.81 bits per heavy atom. The number of benzene rings is 1. The second-order valence-corrected chi connectivity index (χ2v) is 3.72. The third-order valence-electron chi connectivity index (χ3n) is 2.56. The van der Waals surface area contributed by atoms with Crippen LogP contribution in [-0.4, -0.2) is 9.67 Å². The molecular weight excluding hydrogens is 202 g/mol. The first-order valence-electron chi connectivity index (χ1n) is 5.08. The summed E-state index contributed by atoms with van der Waals surface area (Å²) in [6.07, 6.45) is 0.916. The van der Waals surface area contributed by atoms with Crippen molar-refractivity contribution in [3.8, 4) is 0 Å². The molecule has 3 nitrogen and oxygen atoms in total. The molecule has 1 unspecified atom stereocenters. The monoisotopic (exact) mass is 215 g/mol. The molecular formula is C13H13NO2. The third-order valence-corrected chi connectivity index (χ3v) is 2.56. The lowest BCUT2D eigenvalue weighted by molar-refractivity contribution is 0.220. The lowest BCUT2D eigenvalue weighted by atomic mass is 10.0. The van der Waals surface area contributed by atoms with Gasteiger partial charge < -0.3 is 9.67 Å². The minimum atomic E-state index is -0.741. The molecule has 3 heteroatoms. The van der Waals surface area contributed by atoms with E-state index in [1.807, 2.05) is 30.3 Å². The standard InChI is InChI=1S/C13H13NO2/c1-14-8-7-11(9-12(14)15)13(16)10-5-3-2-4-6-10/h2-9,13,16H,1H3. The zero-order chi connectivity index (χ0) is 11.5. The molecule has 82 valence electrons. The van der Waals surface area contributed by atoms with Crippen molar-refractivity contribution in [1.29, 1.82) is 0 Å². The van der Waals surface area contributed by atoms with Gasteiger partial charge in [0.15, 0.2) is 0 Å². The van der Waals surface area contributed by atoms with Gasteiger partial charge in [0.1, 0.15) is 6.10 Å². The number of aliphatic hydroxyl groups is 1. The molecule has 0 saturated carbocycles. The van der Waals surface area contributed by atoms with E-state index in [1.165, 1.54) is 10.6 Å². The SMILES string of the molecule is Cn1ccc(C(O)c2ccccc2)cc1=O. The fourth-order valence-electron chi connectivity index (χ4n) is 1.56. The predicted octanol–water partition coefficient (Wildman–Crippen LogP) is 1.47. The summed E-state index contributed by atoms with van der Waals surface area (Å²) in [6, 6.07) is 12.5. The lowest BCUT2D eigenvalue weighted by Gasteiger charge is -2.11. The molecule has 0 fully saturated rings. The summed E-state index contributed by atoms with van der Waals surface area (Å²) in [4.78, 5) is 11.4. The lowest BCUT2D eigenvalue weighted by Crippen LogP contribution is -2.16. The summed E-state index contributed by atoms with van der Waals surface area (Å²) in [7, 11) is 1.68. The van der Waals surface area contributed by atoms with E-state index in [9.17, 15) is 9.90 Å². The molecule has 1 atom stereocenters. The van der Waals surface area contributed by atoms with Gasteiger partial charge in [0.05, 0.1) is 0 Å². The number of nitrogens with zero attached hydrogens (tertiary/aromatic N) is 1. The van der Waals surface area contributed by atoms with Crippen molar-refractivity contribution < 1.29 is 5.11 Å². The molecule has 1 aromatic heterocycles. The van der Waals surface area contributed by atoms with Crippen LogP contribution in [0.5, 0.6) is 0 Å². The maximum absolute atomic E-state index is 11.4. The second-order valence-electron chi connectivity index (χ2n) is 3.72. The molecule has 0 saturated heterocycles. The van der Waals surface area contributed by atoms with Gasteiger partial charge in [0.2, 0.25) is 0 Å². The van der Waals surface area contributed by atoms with E-state index in [-0.39, 0.29) is 5.56 Å². The molecule has 2 rings (SSSR count). The number of hydrogen-bond acceptors (Lipinski definition) is 2. The van der Waals surface area contributed by atoms with Crippen LogP contribution in [0.4, 0.5) is 0 Å². The van der Waals surface area contributed by atoms with Crippen LogP contribution in [0.1, 0.15) is 17.2 Å². The molecule has 0 amide bonds. The molecule has 16 heavy (non-hydrogen) atoms. The van der Waals surface area contributed by atoms with Gasteiger partial charge in [0, 0.05) is 19.3 Å². The minimum Gasteiger partial charge on any atom is -0.384 e. The van der Waals surface area contributed by atoms with E-state index < -0.39 is 6.10 Å². The van der Waals surface area contributed by atoms with E-state index in [2.05, 4.69) is 0 Å². The highest BCUT2D eigenvalue weighted by molar-refractivity contribution is 5.28. The van der Waals surface area contributed by atoms with Gasteiger partial charge in [-0.1, -0.05) is 30.3 Å². The molecule has 1 N–H and O–H groups in total. The first-order valence-corrected chi connectivity index (χ1v) is 5.08. The van der Waals surface area contributed by atoms with Crippen molar-refractivity contribution in [1.82, 2.24) is 4.57 Å². The Morgan fingerprint density at radius 1 is 1.12 bits per heavy atom. The average molecular weight is 215 g/mol. The van der Waals surface area contributed by atoms with Crippen LogP contribution < -0.4 is 5.56 Å². The summed E-state index contributed by atoms with van der Waals surface area (Å²) in [5, 5.41) is 10.1. The number of aryl methyl sites for hydroxylation is 1. The Kier molecular flexibility index (Phi) is 2.88. The van der Waals surface area contributed by atoms with E-state index >= 15 is 0 Å². The molecule has 0 aliphatic carbocycles. The fraction of sp³-hybridized carbons (Fsp3) is 0.154. The van der Waals surface area contributed by atoms with Crippen molar-refractivity contribution in [2.24, 2.45) is 7.05 Å². The first-order chi connectivity index (χ1) is 7.68. The smallest absolute Gasteiger partial charge is 0.250 e. The number of hydrogen-bond donors (Lipinski definition) is 1. The molecule has 0 radical (unpaired) electrons. The second kappa shape index (κ2) is 4.33. The fourth-order valence-corrected chi connectivity index (χ4v) is 1.56. The number of aliphatic hydroxyl groups excluding tert-OH is 1. The van der Waals surface area contributed by atoms with E-state index in [0.717, 1.165) is 5.56 Å². The molecule has 0 aliphatic rings. The van der Waals surface area contributed by atoms with Gasteiger partial charge in [-0.25, -0.2) is 0 Å². The van der Waals surface area contributed by atoms with Gasteiger partial charge in [-0.2, -0.15) is 0 Å². The highest BCUT2D eigenvalue weighted by Crippen LogP contribution is 2.19. The Balaban J connectivity index is 2.38. The number of rotatable bonds is 2. The van der Waals surface area contributed by atoms with Crippen molar-refractivity contribution in [3.63, 3.8) is 0 Å². The molecule has 1 heterocycles. The van der Waals surface area contributed by atoms with Crippen LogP contribution in [0.25, 0.3) is 0 Å². The Morgan fingerprint density at radius 3 is 2.44 bits per heavy atom. The molecule has 0 spiro atoms. The predicted molar refractivity (Wildman–Crippen MR) is 62.2 cm³/mol. The highest BCUT2D eigenvalue weighted by atomic mass is 16.3. The van der Waals surface area contributed by atoms with Gasteiger partial charge in [-0.05, 0) is 17.2 Å². The Hall–Kier alpha value is -1.87. The third kappa shape index (κ3) is 2.04. The minimum absolute atomic E-state index is 0.118. The normalized spacial score (nSPS) is 12.4. The first kappa shape index (κ1) is 10.6. The van der Waals surface area contributed by atoms with Gasteiger partial charge >= 0.3 is 0 Å². The zero-order valence-electron chi connectivity index (χ0n) is 9.00. The number of aromatic nitrogens is 1. The van der Waals surface area contributed by atoms with E-state index in [4.69, 9.17) is 0 Å². The Bertz CT molecular complexity index is 531. The summed E-state index contributed by atoms with van der Waals surface area (Å²) < 4.78 is 1.47. The number of pyridine rings is 1. The summed E-state index contributed by atoms with van der Waals surface area (Å²) in [5.74, 6) is 0. The van der Waals surface area contributed by atoms with Crippen molar-refractivity contribution in [2.45, 2.75) is 6.10 Å². The van der Waals surface area contributed by atoms with Crippen molar-refractivity contribution in [2.75, 3.05) is 0 Å². The van der Waals surface area contributed by atoms with Crippen molar-refractivity contribution >= 4 is 0 Å². The largest absolute Gasteiger partial charge is 0.384 e. The van der Waals surface area contributed by atoms with Gasteiger partial charge in [-0.3, -0.25) is 4.79 Å². The van der Waals surface area contributed by atoms with Gasteiger partial charge in [-0.15, -0.1) is 0 Å². The maximum atomic E-state index is 11.4. The molecule has 0 bridgehead atoms. The molecule has 1 aromatic carbocycles. The average Bonchev–Trinajstić information content (AvgIpc) is 2.33. The van der Waals surface area contributed by atoms with Crippen molar-refractivity contribution in [3.05, 3.63) is 70.1 Å². The summed E-state index contributed by atoms with van der Waals surface area (Å²) in [5.41, 5.74) is 1.29. The molecule has 2 aromatic rings. The van der Waals surface area contributed by atoms with Crippen LogP contribution in [0.15, 0.2) is 53.5 Å². The van der Waals surface area contributed by atoms with Crippen LogP contribution in [0.2, 0.25) is 0 Å². The molecule has 0 aliphatic heterocycles. The summed E-state index contributed by atoms with van der Waals surface area (Å²) in [6.45, 7) is 0. The van der Waals surface area contributed by atoms with Gasteiger partial charge in [0.25, 0.3) is 5.56 Å².